The highest BCUT2D eigenvalue weighted by molar-refractivity contribution is 7.56. The van der Waals surface area contributed by atoms with Crippen molar-refractivity contribution in [3.05, 3.63) is 12.7 Å². The minimum atomic E-state index is -3.78. The molecule has 2 rings (SSSR count). The molecular formula is C22H37N6O7P. The van der Waals surface area contributed by atoms with Crippen LogP contribution in [0.25, 0.3) is 11.2 Å². The van der Waals surface area contributed by atoms with Crippen LogP contribution in [-0.2, 0) is 39.4 Å². The molecule has 0 saturated heterocycles. The molecule has 2 aromatic rings. The van der Waals surface area contributed by atoms with Gasteiger partial charge in [0.25, 0.3) is 7.52 Å². The number of nitrogens with two attached hydrogens (primary N) is 1. The van der Waals surface area contributed by atoms with Crippen molar-refractivity contribution in [1.82, 2.24) is 24.6 Å². The van der Waals surface area contributed by atoms with Crippen molar-refractivity contribution in [2.24, 2.45) is 0 Å². The standard InChI is InChI=1S/C22H37N6O7P/c1-14(2)34-17(29)8-9-33-36(31,27-22(6,7)21(30)35-15(3)4)13-32-16(5)10-28-12-26-18-19(23)24-11-25-20(18)28/h11-12,14-16H,8-10,13H2,1-7H3,(H,27,31)(H2,23,24,25)/t16-,36?/m1/s1. The highest BCUT2D eigenvalue weighted by atomic mass is 31.2. The molecule has 2 aromatic heterocycles. The van der Waals surface area contributed by atoms with Crippen molar-refractivity contribution < 1.29 is 32.9 Å². The highest BCUT2D eigenvalue weighted by Crippen LogP contribution is 2.45. The summed E-state index contributed by atoms with van der Waals surface area (Å²) in [5, 5.41) is 2.77. The molecule has 0 aliphatic rings. The number of imidazole rings is 1. The van der Waals surface area contributed by atoms with Crippen LogP contribution in [0.1, 0.15) is 54.9 Å². The third-order valence-electron chi connectivity index (χ3n) is 4.69. The number of nitrogens with zero attached hydrogens (tertiary/aromatic N) is 4. The zero-order chi connectivity index (χ0) is 27.1. The van der Waals surface area contributed by atoms with E-state index in [1.165, 1.54) is 20.2 Å². The Morgan fingerprint density at radius 2 is 1.78 bits per heavy atom. The fraction of sp³-hybridized carbons (Fsp3) is 0.682. The quantitative estimate of drug-likeness (QED) is 0.272. The topological polar surface area (TPSA) is 170 Å². The average Bonchev–Trinajstić information content (AvgIpc) is 3.15. The van der Waals surface area contributed by atoms with Gasteiger partial charge in [0, 0.05) is 0 Å². The van der Waals surface area contributed by atoms with E-state index in [9.17, 15) is 14.2 Å². The summed E-state index contributed by atoms with van der Waals surface area (Å²) in [6, 6.07) is 0. The van der Waals surface area contributed by atoms with Crippen molar-refractivity contribution in [2.45, 2.75) is 85.3 Å². The lowest BCUT2D eigenvalue weighted by Crippen LogP contribution is -2.47. The summed E-state index contributed by atoms with van der Waals surface area (Å²) in [7, 11) is -3.78. The van der Waals surface area contributed by atoms with E-state index in [2.05, 4.69) is 20.0 Å². The number of anilines is 1. The molecule has 0 spiro atoms. The molecule has 2 heterocycles. The number of hydrogen-bond donors (Lipinski definition) is 2. The molecular weight excluding hydrogens is 491 g/mol. The van der Waals surface area contributed by atoms with Gasteiger partial charge in [-0.15, -0.1) is 0 Å². The van der Waals surface area contributed by atoms with Crippen molar-refractivity contribution in [3.63, 3.8) is 0 Å². The first-order chi connectivity index (χ1) is 16.7. The number of nitrogens with one attached hydrogen (secondary N) is 1. The number of fused-ring (bicyclic) bond motifs is 1. The Labute approximate surface area is 210 Å². The van der Waals surface area contributed by atoms with Crippen LogP contribution in [-0.4, -0.2) is 68.3 Å². The number of rotatable bonds is 14. The second kappa shape index (κ2) is 12.6. The Kier molecular flexibility index (Phi) is 10.4. The van der Waals surface area contributed by atoms with Crippen molar-refractivity contribution in [3.8, 4) is 0 Å². The van der Waals surface area contributed by atoms with Gasteiger partial charge in [0.15, 0.2) is 11.5 Å². The number of carbonyl (C=O) groups excluding carboxylic acids is 2. The zero-order valence-electron chi connectivity index (χ0n) is 21.9. The van der Waals surface area contributed by atoms with Gasteiger partial charge in [-0.1, -0.05) is 0 Å². The lowest BCUT2D eigenvalue weighted by Gasteiger charge is -2.31. The van der Waals surface area contributed by atoms with E-state index in [-0.39, 0.29) is 37.4 Å². The molecule has 0 aliphatic heterocycles. The van der Waals surface area contributed by atoms with E-state index in [0.29, 0.717) is 17.7 Å². The zero-order valence-corrected chi connectivity index (χ0v) is 22.8. The van der Waals surface area contributed by atoms with Crippen LogP contribution in [0.5, 0.6) is 0 Å². The summed E-state index contributed by atoms with van der Waals surface area (Å²) in [5.74, 6) is -0.825. The minimum Gasteiger partial charge on any atom is -0.463 e. The third-order valence-corrected chi connectivity index (χ3v) is 6.68. The Balaban J connectivity index is 2.09. The Morgan fingerprint density at radius 3 is 2.42 bits per heavy atom. The maximum Gasteiger partial charge on any atom is 0.326 e. The Hall–Kier alpha value is -2.60. The van der Waals surface area contributed by atoms with Gasteiger partial charge >= 0.3 is 11.9 Å². The number of carbonyl (C=O) groups is 2. The molecule has 0 aromatic carbocycles. The van der Waals surface area contributed by atoms with Gasteiger partial charge in [0.05, 0.1) is 44.2 Å². The van der Waals surface area contributed by atoms with E-state index in [1.807, 2.05) is 0 Å². The van der Waals surface area contributed by atoms with E-state index in [1.54, 1.807) is 45.5 Å². The van der Waals surface area contributed by atoms with Crippen LogP contribution in [0.3, 0.4) is 0 Å². The molecule has 0 aliphatic carbocycles. The van der Waals surface area contributed by atoms with E-state index < -0.39 is 31.1 Å². The van der Waals surface area contributed by atoms with Crippen LogP contribution in [0, 0.1) is 0 Å². The summed E-state index contributed by atoms with van der Waals surface area (Å²) >= 11 is 0. The molecule has 14 heteroatoms. The van der Waals surface area contributed by atoms with E-state index in [0.717, 1.165) is 0 Å². The molecule has 2 atom stereocenters. The molecule has 0 amide bonds. The largest absolute Gasteiger partial charge is 0.463 e. The van der Waals surface area contributed by atoms with Gasteiger partial charge in [-0.05, 0) is 48.5 Å². The summed E-state index contributed by atoms with van der Waals surface area (Å²) < 4.78 is 37.3. The number of ether oxygens (including phenoxy) is 3. The number of esters is 2. The van der Waals surface area contributed by atoms with Crippen LogP contribution in [0.2, 0.25) is 0 Å². The van der Waals surface area contributed by atoms with Crippen LogP contribution in [0.15, 0.2) is 12.7 Å². The molecule has 36 heavy (non-hydrogen) atoms. The first-order valence-corrected chi connectivity index (χ1v) is 13.5. The molecule has 0 bridgehead atoms. The lowest BCUT2D eigenvalue weighted by molar-refractivity contribution is -0.153. The van der Waals surface area contributed by atoms with Crippen molar-refractivity contribution in [1.29, 1.82) is 0 Å². The fourth-order valence-corrected chi connectivity index (χ4v) is 5.10. The molecule has 0 saturated carbocycles. The van der Waals surface area contributed by atoms with Gasteiger partial charge in [0.1, 0.15) is 23.7 Å². The maximum absolute atomic E-state index is 13.7. The van der Waals surface area contributed by atoms with Gasteiger partial charge in [-0.2, -0.15) is 0 Å². The van der Waals surface area contributed by atoms with Gasteiger partial charge in [-0.3, -0.25) is 14.2 Å². The Morgan fingerprint density at radius 1 is 1.11 bits per heavy atom. The van der Waals surface area contributed by atoms with Crippen molar-refractivity contribution in [2.75, 3.05) is 18.7 Å². The SMILES string of the molecule is CC(C)OC(=O)CCOP(=O)(CO[C@H](C)Cn1cnc2c(N)ncnc21)NC(C)(C)C(=O)OC(C)C. The summed E-state index contributed by atoms with van der Waals surface area (Å²) in [5.41, 5.74) is 5.50. The minimum absolute atomic E-state index is 0.113. The van der Waals surface area contributed by atoms with Crippen molar-refractivity contribution >= 4 is 36.4 Å². The second-order valence-corrected chi connectivity index (χ2v) is 11.5. The molecule has 202 valence electrons. The normalized spacial score (nSPS) is 14.7. The van der Waals surface area contributed by atoms with E-state index in [4.69, 9.17) is 24.5 Å². The highest BCUT2D eigenvalue weighted by Gasteiger charge is 2.39. The first kappa shape index (κ1) is 29.6. The van der Waals surface area contributed by atoms with Crippen LogP contribution < -0.4 is 10.8 Å². The van der Waals surface area contributed by atoms with Crippen LogP contribution >= 0.6 is 7.52 Å². The summed E-state index contributed by atoms with van der Waals surface area (Å²) in [6.07, 6.45) is 1.34. The summed E-state index contributed by atoms with van der Waals surface area (Å²) in [6.45, 7) is 11.9. The molecule has 0 radical (unpaired) electrons. The lowest BCUT2D eigenvalue weighted by atomic mass is 10.1. The number of hydrogen-bond acceptors (Lipinski definition) is 11. The average molecular weight is 529 g/mol. The number of nitrogen functional groups attached to an aromatic ring is 1. The monoisotopic (exact) mass is 528 g/mol. The van der Waals surface area contributed by atoms with Crippen LogP contribution in [0.4, 0.5) is 5.82 Å². The molecule has 13 nitrogen and oxygen atoms in total. The van der Waals surface area contributed by atoms with E-state index >= 15 is 0 Å². The maximum atomic E-state index is 13.7. The van der Waals surface area contributed by atoms with Gasteiger partial charge in [-0.25, -0.2) is 20.0 Å². The molecule has 1 unspecified atom stereocenters. The Bertz CT molecular complexity index is 1090. The molecule has 3 N–H and O–H groups in total. The molecule has 0 fully saturated rings. The number of aromatic nitrogens is 4. The third kappa shape index (κ3) is 8.81. The fourth-order valence-electron chi connectivity index (χ4n) is 3.12. The van der Waals surface area contributed by atoms with Gasteiger partial charge in [0.2, 0.25) is 0 Å². The second-order valence-electron chi connectivity index (χ2n) is 9.42. The predicted octanol–water partition coefficient (Wildman–Crippen LogP) is 2.64. The smallest absolute Gasteiger partial charge is 0.326 e. The van der Waals surface area contributed by atoms with Gasteiger partial charge < -0.3 is 29.0 Å². The predicted molar refractivity (Wildman–Crippen MR) is 133 cm³/mol. The summed E-state index contributed by atoms with van der Waals surface area (Å²) in [4.78, 5) is 36.8. The first-order valence-electron chi connectivity index (χ1n) is 11.7.